The second-order valence-electron chi connectivity index (χ2n) is 5.47. The topological polar surface area (TPSA) is 127 Å². The van der Waals surface area contributed by atoms with Gasteiger partial charge in [0.25, 0.3) is 4.38 Å². The first-order valence-electron chi connectivity index (χ1n) is 8.25. The number of amidine groups is 1. The minimum absolute atomic E-state index is 0. The molecule has 0 aliphatic rings. The van der Waals surface area contributed by atoms with Crippen LogP contribution in [-0.4, -0.2) is 54.8 Å². The van der Waals surface area contributed by atoms with E-state index in [0.717, 1.165) is 5.56 Å². The van der Waals surface area contributed by atoms with Crippen molar-refractivity contribution in [2.24, 2.45) is 20.4 Å². The maximum atomic E-state index is 11.5. The van der Waals surface area contributed by atoms with Crippen LogP contribution >= 0.6 is 11.8 Å². The van der Waals surface area contributed by atoms with Crippen LogP contribution in [0.5, 0.6) is 0 Å². The molecular weight excluding hydrogens is 489 g/mol. The number of rotatable bonds is 8. The molecule has 1 unspecified atom stereocenters. The Bertz CT molecular complexity index is 919. The van der Waals surface area contributed by atoms with Crippen LogP contribution in [0.15, 0.2) is 63.3 Å². The summed E-state index contributed by atoms with van der Waals surface area (Å²) < 4.78 is 0.614. The van der Waals surface area contributed by atoms with Gasteiger partial charge in [-0.15, -0.1) is 5.10 Å². The summed E-state index contributed by atoms with van der Waals surface area (Å²) in [5.74, 6) is -1.03. The molecule has 1 atom stereocenters. The Morgan fingerprint density at radius 1 is 1.30 bits per heavy atom. The monoisotopic (exact) mass is 509 g/mol. The fourth-order valence-corrected chi connectivity index (χ4v) is 2.47. The minimum atomic E-state index is -1.03. The van der Waals surface area contributed by atoms with E-state index in [9.17, 15) is 9.90 Å². The van der Waals surface area contributed by atoms with Crippen molar-refractivity contribution in [3.8, 4) is 0 Å². The summed E-state index contributed by atoms with van der Waals surface area (Å²) in [6, 6.07) is 8.39. The predicted molar refractivity (Wildman–Crippen MR) is 127 cm³/mol. The molecule has 30 heavy (non-hydrogen) atoms. The summed E-state index contributed by atoms with van der Waals surface area (Å²) in [7, 11) is 0. The third kappa shape index (κ3) is 9.16. The molecule has 13 heteroatoms. The molecule has 162 valence electrons. The van der Waals surface area contributed by atoms with Gasteiger partial charge in [-0.1, -0.05) is 52.3 Å². The van der Waals surface area contributed by atoms with Crippen molar-refractivity contribution in [2.45, 2.75) is 12.5 Å². The number of benzene rings is 1. The van der Waals surface area contributed by atoms with Crippen LogP contribution in [0.3, 0.4) is 0 Å². The number of nitrogens with one attached hydrogen (secondary N) is 2. The summed E-state index contributed by atoms with van der Waals surface area (Å²) in [5, 5.41) is 28.5. The maximum Gasteiger partial charge on any atom is 0.333 e. The molecule has 1 heterocycles. The van der Waals surface area contributed by atoms with Crippen molar-refractivity contribution in [1.82, 2.24) is 15.3 Å². The van der Waals surface area contributed by atoms with Crippen molar-refractivity contribution in [3.05, 3.63) is 54.1 Å². The van der Waals surface area contributed by atoms with Crippen LogP contribution in [0.1, 0.15) is 11.3 Å². The fourth-order valence-electron chi connectivity index (χ4n) is 2.06. The average Bonchev–Trinajstić information content (AvgIpc) is 3.23. The van der Waals surface area contributed by atoms with Crippen LogP contribution in [-0.2, 0) is 53.0 Å². The number of carbonyl (C=O) groups is 1. The third-order valence-corrected chi connectivity index (χ3v) is 4.86. The number of H-pyrrole nitrogens is 1. The van der Waals surface area contributed by atoms with Crippen molar-refractivity contribution in [1.29, 1.82) is 0 Å². The number of carboxylic acids is 1. The van der Waals surface area contributed by atoms with Gasteiger partial charge in [0.15, 0.2) is 0 Å². The molecule has 0 aliphatic heterocycles. The van der Waals surface area contributed by atoms with Gasteiger partial charge in [0.05, 0.1) is 12.5 Å². The van der Waals surface area contributed by atoms with Crippen LogP contribution < -0.4 is 5.32 Å². The molecule has 0 saturated carbocycles. The van der Waals surface area contributed by atoms with Crippen molar-refractivity contribution in [3.63, 3.8) is 0 Å². The summed E-state index contributed by atoms with van der Waals surface area (Å²) in [4.78, 5) is 18.3. The van der Waals surface area contributed by atoms with E-state index in [0.29, 0.717) is 15.8 Å². The number of nitrogens with zero attached hydrogens (tertiary/aromatic N) is 5. The molecule has 0 aliphatic carbocycles. The molecule has 0 radical (unpaired) electrons. The van der Waals surface area contributed by atoms with E-state index in [4.69, 9.17) is 0 Å². The first-order chi connectivity index (χ1) is 14.0. The molecule has 1 aromatic heterocycles. The smallest absolute Gasteiger partial charge is 0.333 e. The van der Waals surface area contributed by atoms with E-state index in [1.165, 1.54) is 24.3 Å². The van der Waals surface area contributed by atoms with Gasteiger partial charge >= 0.3 is 11.1 Å². The van der Waals surface area contributed by atoms with Gasteiger partial charge in [-0.05, 0) is 6.26 Å². The summed E-state index contributed by atoms with van der Waals surface area (Å²) >= 11 is 7.99. The van der Waals surface area contributed by atoms with E-state index in [1.807, 2.05) is 36.6 Å². The van der Waals surface area contributed by atoms with Gasteiger partial charge in [-0.25, -0.2) is 9.78 Å². The van der Waals surface area contributed by atoms with Crippen LogP contribution in [0.25, 0.3) is 0 Å². The Morgan fingerprint density at radius 2 is 2.03 bits per heavy atom. The van der Waals surface area contributed by atoms with Gasteiger partial charge in [0.1, 0.15) is 11.8 Å². The molecule has 0 saturated heterocycles. The third-order valence-electron chi connectivity index (χ3n) is 3.44. The first kappa shape index (κ1) is 26.0. The van der Waals surface area contributed by atoms with Crippen LogP contribution in [0, 0.1) is 0 Å². The quantitative estimate of drug-likeness (QED) is 0.157. The summed E-state index contributed by atoms with van der Waals surface area (Å²) in [5.41, 5.74) is 1.91. The number of aromatic nitrogens is 2. The average molecular weight is 510 g/mol. The van der Waals surface area contributed by atoms with Gasteiger partial charge in [-0.3, -0.25) is 0 Å². The molecule has 0 bridgehead atoms. The largest absolute Gasteiger partial charge is 0.480 e. The normalized spacial score (nSPS) is 13.8. The Morgan fingerprint density at radius 3 is 2.63 bits per heavy atom. The maximum absolute atomic E-state index is 11.5. The van der Waals surface area contributed by atoms with Crippen LogP contribution in [0.4, 0.5) is 0 Å². The Balaban J connectivity index is 0.00000450. The summed E-state index contributed by atoms with van der Waals surface area (Å²) in [6.45, 7) is 0. The van der Waals surface area contributed by atoms with Crippen molar-refractivity contribution < 1.29 is 26.4 Å². The SMILES string of the molecule is CS/C([SH2+])=N/N=C/C(=N/N=C(\[SH2+])NC(Cc1cnc[nH]1)C(=O)O)c1ccccc1.[Ni]. The van der Waals surface area contributed by atoms with E-state index in [2.05, 4.69) is 60.9 Å². The Labute approximate surface area is 198 Å². The molecule has 3 N–H and O–H groups in total. The van der Waals surface area contributed by atoms with Gasteiger partial charge < -0.3 is 15.4 Å². The fraction of sp³-hybridized carbons (Fsp3) is 0.176. The van der Waals surface area contributed by atoms with Crippen LogP contribution in [0.2, 0.25) is 0 Å². The molecule has 2 rings (SSSR count). The predicted octanol–water partition coefficient (Wildman–Crippen LogP) is 0.481. The zero-order valence-corrected chi connectivity index (χ0v) is 19.5. The van der Waals surface area contributed by atoms with E-state index in [1.54, 1.807) is 6.20 Å². The number of hydrogen-bond donors (Lipinski definition) is 3. The number of hydrogen-bond acceptors (Lipinski definition) is 7. The van der Waals surface area contributed by atoms with E-state index < -0.39 is 12.0 Å². The van der Waals surface area contributed by atoms with E-state index in [-0.39, 0.29) is 28.1 Å². The number of aliphatic carboxylic acids is 1. The number of imidazole rings is 1. The number of aromatic amines is 1. The second-order valence-corrected chi connectivity index (χ2v) is 7.57. The zero-order chi connectivity index (χ0) is 21.1. The van der Waals surface area contributed by atoms with E-state index >= 15 is 0 Å². The Hall–Kier alpha value is -2.08. The molecular formula is C17H21N7NiO2S3+2. The van der Waals surface area contributed by atoms with Crippen molar-refractivity contribution in [2.75, 3.05) is 6.26 Å². The minimum Gasteiger partial charge on any atom is -0.480 e. The molecule has 9 nitrogen and oxygen atoms in total. The van der Waals surface area contributed by atoms with Gasteiger partial charge in [0.2, 0.25) is 0 Å². The zero-order valence-electron chi connectivity index (χ0n) is 15.7. The second kappa shape index (κ2) is 14.0. The number of carboxylic acid groups (broad SMARTS) is 1. The molecule has 0 spiro atoms. The van der Waals surface area contributed by atoms with Gasteiger partial charge in [-0.2, -0.15) is 5.10 Å². The standard InChI is InChI=1S/C17H19N7O2S3.Ni/c1-29-17(28)24-20-9-14(11-5-3-2-4-6-11)22-23-16(27)21-13(15(25)26)7-12-8-18-10-19-12;/h2-6,8-10,13H,7H2,1H3,(H,18,19)(H,24,28)(H,25,26)(H2,21,23,27);/p+2/b20-9+,22-14-;. The van der Waals surface area contributed by atoms with Crippen molar-refractivity contribution >= 4 is 64.5 Å². The van der Waals surface area contributed by atoms with Gasteiger partial charge in [0, 0.05) is 65.6 Å². The molecule has 0 fully saturated rings. The number of thioether (sulfide) groups is 1. The molecule has 1 aromatic carbocycles. The molecule has 0 amide bonds. The summed E-state index contributed by atoms with van der Waals surface area (Å²) in [6.07, 6.45) is 6.59. The molecule has 2 aromatic rings. The first-order valence-corrected chi connectivity index (χ1v) is 10.5. The Kier molecular flexibility index (Phi) is 12.1.